The lowest BCUT2D eigenvalue weighted by Crippen LogP contribution is -2.21. The second-order valence-corrected chi connectivity index (χ2v) is 9.92. The smallest absolute Gasteiger partial charge is 0.303 e. The lowest BCUT2D eigenvalue weighted by molar-refractivity contribution is -0.137. The number of carbonyl (C=O) groups excluding carboxylic acids is 1. The Morgan fingerprint density at radius 3 is 2.47 bits per heavy atom. The van der Waals surface area contributed by atoms with Gasteiger partial charge < -0.3 is 24.6 Å². The Balaban J connectivity index is 2.43. The molecular formula is C31H49NO6. The van der Waals surface area contributed by atoms with Crippen LogP contribution in [-0.4, -0.2) is 53.8 Å². The maximum absolute atomic E-state index is 11.6. The number of aliphatic hydroxyl groups is 1. The summed E-state index contributed by atoms with van der Waals surface area (Å²) >= 11 is 0. The van der Waals surface area contributed by atoms with Gasteiger partial charge in [-0.05, 0) is 68.4 Å². The number of hydrogen-bond donors (Lipinski definition) is 2. The summed E-state index contributed by atoms with van der Waals surface area (Å²) in [7, 11) is 3.49. The number of amides is 1. The predicted molar refractivity (Wildman–Crippen MR) is 153 cm³/mol. The summed E-state index contributed by atoms with van der Waals surface area (Å²) in [5, 5.41) is 19.2. The van der Waals surface area contributed by atoms with E-state index in [1.165, 1.54) is 32.1 Å². The maximum Gasteiger partial charge on any atom is 0.303 e. The van der Waals surface area contributed by atoms with E-state index in [0.29, 0.717) is 30.9 Å². The summed E-state index contributed by atoms with van der Waals surface area (Å²) < 4.78 is 11.6. The van der Waals surface area contributed by atoms with Crippen LogP contribution in [0.1, 0.15) is 96.0 Å². The number of carboxylic acids is 1. The summed E-state index contributed by atoms with van der Waals surface area (Å²) in [4.78, 5) is 24.3. The number of ether oxygens (including phenoxy) is 2. The molecule has 1 unspecified atom stereocenters. The number of allylic oxidation sites excluding steroid dienone is 3. The van der Waals surface area contributed by atoms with Gasteiger partial charge in [-0.1, -0.05) is 57.6 Å². The van der Waals surface area contributed by atoms with E-state index in [1.54, 1.807) is 43.5 Å². The summed E-state index contributed by atoms with van der Waals surface area (Å²) in [5.74, 6) is 0.477. The first-order valence-electron chi connectivity index (χ1n) is 14.2. The molecule has 0 aliphatic carbocycles. The molecule has 7 nitrogen and oxygen atoms in total. The van der Waals surface area contributed by atoms with Crippen LogP contribution in [0.4, 0.5) is 0 Å². The molecule has 1 rings (SSSR count). The van der Waals surface area contributed by atoms with Gasteiger partial charge in [0.25, 0.3) is 0 Å². The minimum absolute atomic E-state index is 0.00283. The van der Waals surface area contributed by atoms with E-state index in [0.717, 1.165) is 44.1 Å². The molecule has 0 aliphatic rings. The number of carbonyl (C=O) groups is 2. The van der Waals surface area contributed by atoms with Crippen molar-refractivity contribution in [1.82, 2.24) is 4.90 Å². The summed E-state index contributed by atoms with van der Waals surface area (Å²) in [6.07, 6.45) is 19.2. The van der Waals surface area contributed by atoms with Crippen molar-refractivity contribution in [3.8, 4) is 11.5 Å². The Labute approximate surface area is 229 Å². The lowest BCUT2D eigenvalue weighted by Gasteiger charge is -2.12. The highest BCUT2D eigenvalue weighted by Gasteiger charge is 2.09. The zero-order chi connectivity index (χ0) is 28.0. The first-order chi connectivity index (χ1) is 18.3. The van der Waals surface area contributed by atoms with E-state index >= 15 is 0 Å². The third-order valence-corrected chi connectivity index (χ3v) is 6.27. The van der Waals surface area contributed by atoms with Gasteiger partial charge in [0.1, 0.15) is 11.5 Å². The summed E-state index contributed by atoms with van der Waals surface area (Å²) in [6.45, 7) is 2.70. The van der Waals surface area contributed by atoms with Crippen LogP contribution in [0.3, 0.4) is 0 Å². The Hall–Kier alpha value is -2.80. The van der Waals surface area contributed by atoms with Gasteiger partial charge in [0.05, 0.1) is 19.0 Å². The van der Waals surface area contributed by atoms with Crippen LogP contribution in [0.25, 0.3) is 0 Å². The van der Waals surface area contributed by atoms with Gasteiger partial charge in [0.2, 0.25) is 5.91 Å². The molecule has 0 heterocycles. The van der Waals surface area contributed by atoms with Crippen LogP contribution in [0.5, 0.6) is 11.5 Å². The van der Waals surface area contributed by atoms with Crippen molar-refractivity contribution < 1.29 is 29.3 Å². The van der Waals surface area contributed by atoms with Gasteiger partial charge in [-0.2, -0.15) is 0 Å². The van der Waals surface area contributed by atoms with Gasteiger partial charge in [-0.3, -0.25) is 9.59 Å². The predicted octanol–water partition coefficient (Wildman–Crippen LogP) is 6.68. The molecule has 7 heteroatoms. The van der Waals surface area contributed by atoms with Crippen molar-refractivity contribution in [1.29, 1.82) is 0 Å². The zero-order valence-corrected chi connectivity index (χ0v) is 23.7. The number of carboxylic acid groups (broad SMARTS) is 1. The Kier molecular flexibility index (Phi) is 18.5. The number of rotatable bonds is 22. The fourth-order valence-corrected chi connectivity index (χ4v) is 3.92. The largest absolute Gasteiger partial charge is 0.494 e. The molecule has 2 N–H and O–H groups in total. The minimum atomic E-state index is -0.870. The summed E-state index contributed by atoms with van der Waals surface area (Å²) in [5.41, 5.74) is 0.763. The monoisotopic (exact) mass is 531 g/mol. The zero-order valence-electron chi connectivity index (χ0n) is 23.7. The molecule has 0 bridgehead atoms. The van der Waals surface area contributed by atoms with E-state index in [-0.39, 0.29) is 18.4 Å². The minimum Gasteiger partial charge on any atom is -0.494 e. The van der Waals surface area contributed by atoms with Crippen molar-refractivity contribution in [2.45, 2.75) is 103 Å². The van der Waals surface area contributed by atoms with Crippen LogP contribution < -0.4 is 9.47 Å². The Morgan fingerprint density at radius 2 is 1.74 bits per heavy atom. The van der Waals surface area contributed by atoms with Crippen molar-refractivity contribution in [3.63, 3.8) is 0 Å². The molecule has 1 aromatic rings. The molecule has 0 saturated carbocycles. The fraction of sp³-hybridized carbons (Fsp3) is 0.613. The molecule has 38 heavy (non-hydrogen) atoms. The molecule has 1 amide bonds. The molecule has 0 fully saturated rings. The topological polar surface area (TPSA) is 96.3 Å². The maximum atomic E-state index is 11.6. The second-order valence-electron chi connectivity index (χ2n) is 9.92. The van der Waals surface area contributed by atoms with Gasteiger partial charge in [0, 0.05) is 26.9 Å². The van der Waals surface area contributed by atoms with Crippen molar-refractivity contribution >= 4 is 11.9 Å². The van der Waals surface area contributed by atoms with Crippen molar-refractivity contribution in [3.05, 3.63) is 48.3 Å². The van der Waals surface area contributed by atoms with Gasteiger partial charge in [-0.15, -0.1) is 0 Å². The Bertz CT molecular complexity index is 849. The number of nitrogens with zero attached hydrogens (tertiary/aromatic N) is 1. The van der Waals surface area contributed by atoms with Crippen molar-refractivity contribution in [2.24, 2.45) is 0 Å². The standard InChI is InChI=1S/C31H49NO6/c1-4-5-6-7-8-11-16-27(33)17-12-9-10-14-24-38-29-21-20-28(25-26(29)19-22-31(35)36)37-23-15-13-18-30(34)32(2)3/h9-10,14,20-21,24-25,27,33H,4-8,11-13,15-19,22-23H2,1-3H3,(H,35,36)/b10-9+,24-14+. The van der Waals surface area contributed by atoms with E-state index in [1.807, 2.05) is 18.2 Å². The number of aryl methyl sites for hydroxylation is 1. The number of benzene rings is 1. The lowest BCUT2D eigenvalue weighted by atomic mass is 10.0. The molecule has 1 aromatic carbocycles. The van der Waals surface area contributed by atoms with Crippen LogP contribution in [-0.2, 0) is 16.0 Å². The molecule has 0 saturated heterocycles. The van der Waals surface area contributed by atoms with Crippen molar-refractivity contribution in [2.75, 3.05) is 20.7 Å². The number of unbranched alkanes of at least 4 members (excludes halogenated alkanes) is 6. The number of aliphatic hydroxyl groups excluding tert-OH is 1. The van der Waals surface area contributed by atoms with Gasteiger partial charge in [-0.25, -0.2) is 0 Å². The molecule has 0 aromatic heterocycles. The van der Waals surface area contributed by atoms with Gasteiger partial charge in [0.15, 0.2) is 0 Å². The van der Waals surface area contributed by atoms with E-state index in [2.05, 4.69) is 6.92 Å². The fourth-order valence-electron chi connectivity index (χ4n) is 3.92. The molecule has 0 radical (unpaired) electrons. The first kappa shape index (κ1) is 33.2. The SMILES string of the molecule is CCCCCCCCC(O)CC/C=C/C=C/Oc1ccc(OCCCCC(=O)N(C)C)cc1CCC(=O)O. The summed E-state index contributed by atoms with van der Waals surface area (Å²) in [6, 6.07) is 5.41. The van der Waals surface area contributed by atoms with Crippen LogP contribution in [0, 0.1) is 0 Å². The van der Waals surface area contributed by atoms with Gasteiger partial charge >= 0.3 is 5.97 Å². The van der Waals surface area contributed by atoms with Crippen LogP contribution in [0.2, 0.25) is 0 Å². The average Bonchev–Trinajstić information content (AvgIpc) is 2.89. The van der Waals surface area contributed by atoms with E-state index in [4.69, 9.17) is 14.6 Å². The molecule has 0 spiro atoms. The first-order valence-corrected chi connectivity index (χ1v) is 14.2. The highest BCUT2D eigenvalue weighted by Crippen LogP contribution is 2.26. The highest BCUT2D eigenvalue weighted by atomic mass is 16.5. The molecule has 214 valence electrons. The third kappa shape index (κ3) is 16.8. The number of hydrogen-bond acceptors (Lipinski definition) is 5. The van der Waals surface area contributed by atoms with Crippen LogP contribution >= 0.6 is 0 Å². The van der Waals surface area contributed by atoms with E-state index < -0.39 is 5.97 Å². The highest BCUT2D eigenvalue weighted by molar-refractivity contribution is 5.75. The second kappa shape index (κ2) is 21.2. The molecule has 1 atom stereocenters. The van der Waals surface area contributed by atoms with Crippen LogP contribution in [0.15, 0.2) is 42.7 Å². The normalized spacial score (nSPS) is 12.2. The molecular weight excluding hydrogens is 482 g/mol. The molecule has 0 aliphatic heterocycles. The van der Waals surface area contributed by atoms with E-state index in [9.17, 15) is 14.7 Å². The quantitative estimate of drug-likeness (QED) is 0.0984. The average molecular weight is 532 g/mol. The third-order valence-electron chi connectivity index (χ3n) is 6.27. The number of aliphatic carboxylic acids is 1. The Morgan fingerprint density at radius 1 is 0.974 bits per heavy atom.